The fourth-order valence-electron chi connectivity index (χ4n) is 2.33. The van der Waals surface area contributed by atoms with E-state index in [0.29, 0.717) is 10.5 Å². The summed E-state index contributed by atoms with van der Waals surface area (Å²) in [5.74, 6) is 0. The Morgan fingerprint density at radius 3 is 2.45 bits per heavy atom. The zero-order chi connectivity index (χ0) is 15.9. The molecule has 0 spiro atoms. The van der Waals surface area contributed by atoms with Crippen LogP contribution in [-0.4, -0.2) is 12.4 Å². The topological polar surface area (TPSA) is 65.1 Å². The number of benzene rings is 2. The normalized spacial score (nSPS) is 12.0. The van der Waals surface area contributed by atoms with Gasteiger partial charge in [0, 0.05) is 18.1 Å². The molecule has 3 aromatic rings. The molecule has 0 radical (unpaired) electrons. The minimum Gasteiger partial charge on any atom is -0.326 e. The minimum atomic E-state index is -3.78. The Balaban J connectivity index is 2.27. The van der Waals surface area contributed by atoms with Crippen LogP contribution in [0.3, 0.4) is 0 Å². The molecule has 2 N–H and O–H groups in total. The molecule has 0 unspecified atom stereocenters. The highest BCUT2D eigenvalue weighted by Gasteiger charge is 2.21. The molecule has 3 rings (SSSR count). The van der Waals surface area contributed by atoms with Gasteiger partial charge in [-0.25, -0.2) is 12.4 Å². The lowest BCUT2D eigenvalue weighted by Gasteiger charge is -2.08. The second kappa shape index (κ2) is 5.59. The summed E-state index contributed by atoms with van der Waals surface area (Å²) < 4.78 is 26.9. The van der Waals surface area contributed by atoms with E-state index in [4.69, 9.17) is 28.9 Å². The highest BCUT2D eigenvalue weighted by atomic mass is 35.5. The minimum absolute atomic E-state index is 0.0752. The van der Waals surface area contributed by atoms with E-state index in [1.807, 2.05) is 12.1 Å². The summed E-state index contributed by atoms with van der Waals surface area (Å²) in [6.45, 7) is 0.254. The van der Waals surface area contributed by atoms with Crippen LogP contribution < -0.4 is 5.73 Å². The lowest BCUT2D eigenvalue weighted by Crippen LogP contribution is -2.12. The van der Waals surface area contributed by atoms with E-state index < -0.39 is 10.0 Å². The number of nitrogens with zero attached hydrogens (tertiary/aromatic N) is 1. The first-order chi connectivity index (χ1) is 10.4. The van der Waals surface area contributed by atoms with Crippen LogP contribution in [-0.2, 0) is 16.6 Å². The molecule has 114 valence electrons. The predicted octanol–water partition coefficient (Wildman–Crippen LogP) is 3.64. The zero-order valence-corrected chi connectivity index (χ0v) is 13.7. The fraction of sp³-hybridized carbons (Fsp3) is 0.0667. The first kappa shape index (κ1) is 15.4. The van der Waals surface area contributed by atoms with Gasteiger partial charge in [0.1, 0.15) is 0 Å². The molecule has 0 amide bonds. The lowest BCUT2D eigenvalue weighted by molar-refractivity contribution is 0.589. The lowest BCUT2D eigenvalue weighted by atomic mass is 10.2. The standard InChI is InChI=1S/C15H12Cl2N2O2S/c16-13-6-5-11(7-14(13)17)22(20,21)19-9-10(8-18)12-3-1-2-4-15(12)19/h1-7,9H,8,18H2. The molecular weight excluding hydrogens is 343 g/mol. The van der Waals surface area contributed by atoms with Crippen molar-refractivity contribution in [2.24, 2.45) is 5.73 Å². The molecule has 0 aliphatic rings. The molecule has 0 aliphatic heterocycles. The number of nitrogens with two attached hydrogens (primary N) is 1. The van der Waals surface area contributed by atoms with E-state index in [1.165, 1.54) is 22.2 Å². The average molecular weight is 355 g/mol. The van der Waals surface area contributed by atoms with Gasteiger partial charge in [-0.1, -0.05) is 41.4 Å². The van der Waals surface area contributed by atoms with Crippen LogP contribution in [0, 0.1) is 0 Å². The first-order valence-electron chi connectivity index (χ1n) is 6.45. The van der Waals surface area contributed by atoms with Gasteiger partial charge in [0.05, 0.1) is 20.5 Å². The van der Waals surface area contributed by atoms with Gasteiger partial charge in [-0.2, -0.15) is 0 Å². The van der Waals surface area contributed by atoms with Crippen LogP contribution in [0.25, 0.3) is 10.9 Å². The van der Waals surface area contributed by atoms with Crippen LogP contribution in [0.2, 0.25) is 10.0 Å². The highest BCUT2D eigenvalue weighted by molar-refractivity contribution is 7.90. The summed E-state index contributed by atoms with van der Waals surface area (Å²) in [7, 11) is -3.78. The molecular formula is C15H12Cl2N2O2S. The fourth-order valence-corrected chi connectivity index (χ4v) is 4.11. The Labute approximate surface area is 138 Å². The molecule has 0 fully saturated rings. The first-order valence-corrected chi connectivity index (χ1v) is 8.64. The monoisotopic (exact) mass is 354 g/mol. The van der Waals surface area contributed by atoms with Gasteiger partial charge in [-0.3, -0.25) is 0 Å². The van der Waals surface area contributed by atoms with Gasteiger partial charge in [0.2, 0.25) is 0 Å². The molecule has 2 aromatic carbocycles. The van der Waals surface area contributed by atoms with Crippen LogP contribution in [0.1, 0.15) is 5.56 Å². The average Bonchev–Trinajstić information content (AvgIpc) is 2.89. The second-order valence-electron chi connectivity index (χ2n) is 4.75. The quantitative estimate of drug-likeness (QED) is 0.780. The van der Waals surface area contributed by atoms with Gasteiger partial charge < -0.3 is 5.73 Å². The molecule has 0 saturated carbocycles. The van der Waals surface area contributed by atoms with Crippen molar-refractivity contribution in [1.29, 1.82) is 0 Å². The van der Waals surface area contributed by atoms with Crippen molar-refractivity contribution in [3.05, 3.63) is 64.3 Å². The van der Waals surface area contributed by atoms with Crippen molar-refractivity contribution in [3.8, 4) is 0 Å². The SMILES string of the molecule is NCc1cn(S(=O)(=O)c2ccc(Cl)c(Cl)c2)c2ccccc12. The summed E-state index contributed by atoms with van der Waals surface area (Å²) in [6.07, 6.45) is 1.54. The third kappa shape index (κ3) is 2.40. The molecule has 7 heteroatoms. The van der Waals surface area contributed by atoms with E-state index in [0.717, 1.165) is 10.9 Å². The van der Waals surface area contributed by atoms with Crippen LogP contribution in [0.4, 0.5) is 0 Å². The molecule has 0 saturated heterocycles. The number of rotatable bonds is 3. The van der Waals surface area contributed by atoms with Gasteiger partial charge in [0.25, 0.3) is 10.0 Å². The molecule has 0 bridgehead atoms. The second-order valence-corrected chi connectivity index (χ2v) is 7.38. The van der Waals surface area contributed by atoms with E-state index >= 15 is 0 Å². The Morgan fingerprint density at radius 2 is 1.77 bits per heavy atom. The van der Waals surface area contributed by atoms with E-state index in [2.05, 4.69) is 0 Å². The molecule has 22 heavy (non-hydrogen) atoms. The van der Waals surface area contributed by atoms with E-state index in [-0.39, 0.29) is 16.5 Å². The third-order valence-corrected chi connectivity index (χ3v) is 5.84. The van der Waals surface area contributed by atoms with E-state index in [1.54, 1.807) is 18.3 Å². The van der Waals surface area contributed by atoms with Crippen molar-refractivity contribution in [2.75, 3.05) is 0 Å². The largest absolute Gasteiger partial charge is 0.326 e. The third-order valence-electron chi connectivity index (χ3n) is 3.43. The number of fused-ring (bicyclic) bond motifs is 1. The molecule has 1 aromatic heterocycles. The van der Waals surface area contributed by atoms with Crippen molar-refractivity contribution < 1.29 is 8.42 Å². The van der Waals surface area contributed by atoms with Crippen molar-refractivity contribution in [1.82, 2.24) is 3.97 Å². The number of para-hydroxylation sites is 1. The van der Waals surface area contributed by atoms with Gasteiger partial charge in [-0.05, 0) is 29.8 Å². The molecule has 0 atom stereocenters. The highest BCUT2D eigenvalue weighted by Crippen LogP contribution is 2.29. The van der Waals surface area contributed by atoms with E-state index in [9.17, 15) is 8.42 Å². The van der Waals surface area contributed by atoms with Gasteiger partial charge in [-0.15, -0.1) is 0 Å². The summed E-state index contributed by atoms with van der Waals surface area (Å²) in [5, 5.41) is 1.31. The number of halogens is 2. The van der Waals surface area contributed by atoms with Crippen molar-refractivity contribution >= 4 is 44.1 Å². The maximum atomic E-state index is 12.9. The zero-order valence-electron chi connectivity index (χ0n) is 11.3. The molecule has 4 nitrogen and oxygen atoms in total. The summed E-state index contributed by atoms with van der Waals surface area (Å²) >= 11 is 11.8. The Hall–Kier alpha value is -1.53. The molecule has 0 aliphatic carbocycles. The number of hydrogen-bond donors (Lipinski definition) is 1. The van der Waals surface area contributed by atoms with Crippen molar-refractivity contribution in [2.45, 2.75) is 11.4 Å². The summed E-state index contributed by atoms with van der Waals surface area (Å²) in [6, 6.07) is 11.5. The summed E-state index contributed by atoms with van der Waals surface area (Å²) in [4.78, 5) is 0.0752. The number of aromatic nitrogens is 1. The number of hydrogen-bond acceptors (Lipinski definition) is 3. The maximum absolute atomic E-state index is 12.9. The Kier molecular flexibility index (Phi) is 3.91. The van der Waals surface area contributed by atoms with Crippen molar-refractivity contribution in [3.63, 3.8) is 0 Å². The Bertz CT molecular complexity index is 965. The van der Waals surface area contributed by atoms with Gasteiger partial charge >= 0.3 is 0 Å². The van der Waals surface area contributed by atoms with Crippen LogP contribution in [0.5, 0.6) is 0 Å². The van der Waals surface area contributed by atoms with Crippen LogP contribution in [0.15, 0.2) is 53.6 Å². The van der Waals surface area contributed by atoms with Gasteiger partial charge in [0.15, 0.2) is 0 Å². The summed E-state index contributed by atoms with van der Waals surface area (Å²) in [5.41, 5.74) is 7.05. The molecule has 1 heterocycles. The predicted molar refractivity (Wildman–Crippen MR) is 88.9 cm³/mol. The van der Waals surface area contributed by atoms with Crippen LogP contribution >= 0.6 is 23.2 Å². The smallest absolute Gasteiger partial charge is 0.268 e. The maximum Gasteiger partial charge on any atom is 0.268 e. The Morgan fingerprint density at radius 1 is 1.05 bits per heavy atom.